The van der Waals surface area contributed by atoms with Crippen LogP contribution in [0.3, 0.4) is 0 Å². The molecule has 0 aliphatic carbocycles. The molecule has 84 valence electrons. The zero-order valence-corrected chi connectivity index (χ0v) is 8.56. The summed E-state index contributed by atoms with van der Waals surface area (Å²) in [6, 6.07) is 7.16. The first-order chi connectivity index (χ1) is 7.82. The number of para-hydroxylation sites is 1. The molecule has 1 fully saturated rings. The fraction of sp³-hybridized carbons (Fsp3) is 0.364. The molecule has 2 heterocycles. The van der Waals surface area contributed by atoms with E-state index in [2.05, 4.69) is 5.48 Å². The first-order valence-electron chi connectivity index (χ1n) is 5.11. The van der Waals surface area contributed by atoms with Crippen molar-refractivity contribution in [2.45, 2.75) is 5.79 Å². The summed E-state index contributed by atoms with van der Waals surface area (Å²) in [5.41, 5.74) is 3.96. The third-order valence-corrected chi connectivity index (χ3v) is 2.70. The SMILES string of the molecule is O=C1c2ccccc2NOC12COCCO2. The van der Waals surface area contributed by atoms with Crippen molar-refractivity contribution in [1.82, 2.24) is 0 Å². The number of hydrogen-bond donors (Lipinski definition) is 1. The Morgan fingerprint density at radius 2 is 2.12 bits per heavy atom. The van der Waals surface area contributed by atoms with Crippen molar-refractivity contribution >= 4 is 11.5 Å². The number of carbonyl (C=O) groups excluding carboxylic acids is 1. The second kappa shape index (κ2) is 3.55. The van der Waals surface area contributed by atoms with Crippen molar-refractivity contribution < 1.29 is 19.1 Å². The number of benzene rings is 1. The molecule has 5 heteroatoms. The molecule has 1 atom stereocenters. The maximum Gasteiger partial charge on any atom is 0.281 e. The lowest BCUT2D eigenvalue weighted by Gasteiger charge is -2.38. The first kappa shape index (κ1) is 9.77. The van der Waals surface area contributed by atoms with Gasteiger partial charge in [0.2, 0.25) is 5.78 Å². The normalized spacial score (nSPS) is 28.6. The summed E-state index contributed by atoms with van der Waals surface area (Å²) in [7, 11) is 0. The van der Waals surface area contributed by atoms with Gasteiger partial charge in [0, 0.05) is 5.56 Å². The highest BCUT2D eigenvalue weighted by atomic mass is 16.8. The monoisotopic (exact) mass is 221 g/mol. The fourth-order valence-corrected chi connectivity index (χ4v) is 1.86. The molecule has 1 saturated heterocycles. The number of Topliss-reactive ketones (excluding diaryl/α,β-unsaturated/α-hetero) is 1. The summed E-state index contributed by atoms with van der Waals surface area (Å²) in [6.45, 7) is 0.961. The lowest BCUT2D eigenvalue weighted by Crippen LogP contribution is -2.55. The van der Waals surface area contributed by atoms with Gasteiger partial charge in [-0.05, 0) is 12.1 Å². The minimum atomic E-state index is -1.31. The Morgan fingerprint density at radius 3 is 2.94 bits per heavy atom. The van der Waals surface area contributed by atoms with Gasteiger partial charge >= 0.3 is 0 Å². The molecule has 0 aromatic heterocycles. The Balaban J connectivity index is 2.00. The van der Waals surface area contributed by atoms with Crippen LogP contribution in [0.1, 0.15) is 10.4 Å². The van der Waals surface area contributed by atoms with Gasteiger partial charge in [-0.1, -0.05) is 12.1 Å². The molecule has 0 bridgehead atoms. The zero-order chi connectivity index (χ0) is 11.0. The number of nitrogens with one attached hydrogen (secondary N) is 1. The Bertz CT molecular complexity index is 426. The molecule has 5 nitrogen and oxygen atoms in total. The molecule has 0 amide bonds. The van der Waals surface area contributed by atoms with E-state index in [1.54, 1.807) is 18.2 Å². The summed E-state index contributed by atoms with van der Waals surface area (Å²) < 4.78 is 10.7. The van der Waals surface area contributed by atoms with E-state index in [1.807, 2.05) is 6.07 Å². The van der Waals surface area contributed by atoms with Gasteiger partial charge < -0.3 is 9.47 Å². The average molecular weight is 221 g/mol. The molecule has 0 saturated carbocycles. The van der Waals surface area contributed by atoms with Gasteiger partial charge in [-0.15, -0.1) is 0 Å². The van der Waals surface area contributed by atoms with Gasteiger partial charge in [0.25, 0.3) is 5.79 Å². The van der Waals surface area contributed by atoms with Crippen molar-refractivity contribution in [2.75, 3.05) is 25.3 Å². The van der Waals surface area contributed by atoms with Crippen LogP contribution in [-0.4, -0.2) is 31.4 Å². The Kier molecular flexibility index (Phi) is 2.17. The minimum Gasteiger partial charge on any atom is -0.373 e. The van der Waals surface area contributed by atoms with E-state index in [0.717, 1.165) is 0 Å². The van der Waals surface area contributed by atoms with Gasteiger partial charge in [0.05, 0.1) is 18.9 Å². The third-order valence-electron chi connectivity index (χ3n) is 2.70. The molecule has 1 N–H and O–H groups in total. The van der Waals surface area contributed by atoms with Crippen molar-refractivity contribution in [2.24, 2.45) is 0 Å². The van der Waals surface area contributed by atoms with Crippen LogP contribution in [0.25, 0.3) is 0 Å². The molecule has 1 aromatic rings. The highest BCUT2D eigenvalue weighted by Gasteiger charge is 2.48. The van der Waals surface area contributed by atoms with Crippen LogP contribution in [-0.2, 0) is 14.3 Å². The fourth-order valence-electron chi connectivity index (χ4n) is 1.86. The molecule has 0 radical (unpaired) electrons. The van der Waals surface area contributed by atoms with Gasteiger partial charge in [0.15, 0.2) is 0 Å². The largest absolute Gasteiger partial charge is 0.373 e. The van der Waals surface area contributed by atoms with Crippen LogP contribution in [0.2, 0.25) is 0 Å². The summed E-state index contributed by atoms with van der Waals surface area (Å²) in [4.78, 5) is 17.5. The van der Waals surface area contributed by atoms with Crippen LogP contribution in [0.5, 0.6) is 0 Å². The van der Waals surface area contributed by atoms with E-state index in [1.165, 1.54) is 0 Å². The standard InChI is InChI=1S/C11H11NO4/c13-10-8-3-1-2-4-9(8)12-16-11(10)7-14-5-6-15-11/h1-4,12H,5-7H2. The number of ether oxygens (including phenoxy) is 2. The lowest BCUT2D eigenvalue weighted by atomic mass is 10.0. The van der Waals surface area contributed by atoms with E-state index in [0.29, 0.717) is 24.5 Å². The van der Waals surface area contributed by atoms with Crippen molar-refractivity contribution in [3.05, 3.63) is 29.8 Å². The highest BCUT2D eigenvalue weighted by molar-refractivity contribution is 6.07. The predicted octanol–water partition coefficient (Wildman–Crippen LogP) is 0.969. The molecule has 3 rings (SSSR count). The number of ketones is 1. The Hall–Kier alpha value is -1.43. The predicted molar refractivity (Wildman–Crippen MR) is 55.0 cm³/mol. The molecule has 16 heavy (non-hydrogen) atoms. The van der Waals surface area contributed by atoms with Crippen LogP contribution in [0, 0.1) is 0 Å². The topological polar surface area (TPSA) is 56.8 Å². The zero-order valence-electron chi connectivity index (χ0n) is 8.56. The number of rotatable bonds is 0. The van der Waals surface area contributed by atoms with Crippen LogP contribution in [0.15, 0.2) is 24.3 Å². The first-order valence-corrected chi connectivity index (χ1v) is 5.11. The molecule has 1 aromatic carbocycles. The van der Waals surface area contributed by atoms with E-state index in [9.17, 15) is 4.79 Å². The second-order valence-corrected chi connectivity index (χ2v) is 3.73. The van der Waals surface area contributed by atoms with E-state index in [-0.39, 0.29) is 12.4 Å². The second-order valence-electron chi connectivity index (χ2n) is 3.73. The summed E-state index contributed by atoms with van der Waals surface area (Å²) in [6.07, 6.45) is 0. The minimum absolute atomic E-state index is 0.118. The van der Waals surface area contributed by atoms with Crippen LogP contribution in [0.4, 0.5) is 5.69 Å². The molecule has 1 unspecified atom stereocenters. The van der Waals surface area contributed by atoms with E-state index >= 15 is 0 Å². The maximum absolute atomic E-state index is 12.2. The van der Waals surface area contributed by atoms with Gasteiger partial charge in [-0.2, -0.15) is 0 Å². The number of fused-ring (bicyclic) bond motifs is 1. The van der Waals surface area contributed by atoms with Crippen LogP contribution >= 0.6 is 0 Å². The highest BCUT2D eigenvalue weighted by Crippen LogP contribution is 2.31. The van der Waals surface area contributed by atoms with Crippen molar-refractivity contribution in [1.29, 1.82) is 0 Å². The van der Waals surface area contributed by atoms with Gasteiger partial charge in [0.1, 0.15) is 6.61 Å². The summed E-state index contributed by atoms with van der Waals surface area (Å²) in [5.74, 6) is -1.51. The third kappa shape index (κ3) is 1.33. The van der Waals surface area contributed by atoms with Gasteiger partial charge in [-0.25, -0.2) is 4.84 Å². The number of hydrogen-bond acceptors (Lipinski definition) is 5. The molecular weight excluding hydrogens is 210 g/mol. The summed E-state index contributed by atoms with van der Waals surface area (Å²) >= 11 is 0. The average Bonchev–Trinajstić information content (AvgIpc) is 2.36. The number of carbonyl (C=O) groups is 1. The van der Waals surface area contributed by atoms with E-state index < -0.39 is 5.79 Å². The van der Waals surface area contributed by atoms with Crippen molar-refractivity contribution in [3.8, 4) is 0 Å². The molecule has 2 aliphatic heterocycles. The van der Waals surface area contributed by atoms with E-state index in [4.69, 9.17) is 14.3 Å². The molecule has 1 spiro atoms. The summed E-state index contributed by atoms with van der Waals surface area (Å²) in [5, 5.41) is 0. The lowest BCUT2D eigenvalue weighted by molar-refractivity contribution is -0.251. The quantitative estimate of drug-likeness (QED) is 0.707. The van der Waals surface area contributed by atoms with Gasteiger partial charge in [-0.3, -0.25) is 10.3 Å². The van der Waals surface area contributed by atoms with Crippen LogP contribution < -0.4 is 5.48 Å². The Labute approximate surface area is 92.3 Å². The van der Waals surface area contributed by atoms with Crippen molar-refractivity contribution in [3.63, 3.8) is 0 Å². The molecular formula is C11H11NO4. The Morgan fingerprint density at radius 1 is 1.25 bits per heavy atom. The maximum atomic E-state index is 12.2. The molecule has 2 aliphatic rings. The number of anilines is 1. The smallest absolute Gasteiger partial charge is 0.281 e.